The van der Waals surface area contributed by atoms with Crippen molar-refractivity contribution in [3.05, 3.63) is 50.6 Å². The van der Waals surface area contributed by atoms with Crippen LogP contribution in [0.4, 0.5) is 11.8 Å². The van der Waals surface area contributed by atoms with E-state index in [1.807, 2.05) is 27.7 Å². The second-order valence-corrected chi connectivity index (χ2v) is 10.3. The van der Waals surface area contributed by atoms with Gasteiger partial charge in [-0.05, 0) is 7.05 Å². The highest BCUT2D eigenvalue weighted by Gasteiger charge is 2.23. The summed E-state index contributed by atoms with van der Waals surface area (Å²) in [6.45, 7) is 8.18. The predicted octanol–water partition coefficient (Wildman–Crippen LogP) is 3.60. The first-order valence-corrected chi connectivity index (χ1v) is 11.8. The van der Waals surface area contributed by atoms with Gasteiger partial charge in [-0.1, -0.05) is 39.3 Å². The number of nitrogen functional groups attached to an aromatic ring is 1. The fourth-order valence-corrected chi connectivity index (χ4v) is 4.46. The molecule has 1 unspecified atom stereocenters. The van der Waals surface area contributed by atoms with Crippen molar-refractivity contribution in [2.45, 2.75) is 52.0 Å². The van der Waals surface area contributed by atoms with Gasteiger partial charge in [0.25, 0.3) is 5.91 Å². The minimum absolute atomic E-state index is 0.163. The molecule has 0 aliphatic rings. The Morgan fingerprint density at radius 2 is 1.91 bits per heavy atom. The van der Waals surface area contributed by atoms with E-state index in [-0.39, 0.29) is 46.9 Å². The van der Waals surface area contributed by atoms with Crippen LogP contribution in [0.3, 0.4) is 0 Å². The molecule has 0 bridgehead atoms. The van der Waals surface area contributed by atoms with E-state index in [4.69, 9.17) is 17.3 Å². The summed E-state index contributed by atoms with van der Waals surface area (Å²) in [6.07, 6.45) is 4.39. The summed E-state index contributed by atoms with van der Waals surface area (Å²) in [5, 5.41) is 6.75. The monoisotopic (exact) mass is 502 g/mol. The fraction of sp³-hybridized carbons (Fsp3) is 0.409. The predicted molar refractivity (Wildman–Crippen MR) is 132 cm³/mol. The van der Waals surface area contributed by atoms with Crippen molar-refractivity contribution >= 4 is 46.4 Å². The average Bonchev–Trinajstić information content (AvgIpc) is 3.26. The summed E-state index contributed by atoms with van der Waals surface area (Å²) in [4.78, 5) is 46.9. The van der Waals surface area contributed by atoms with Crippen molar-refractivity contribution in [3.63, 3.8) is 0 Å². The Hall–Kier alpha value is -3.02. The van der Waals surface area contributed by atoms with E-state index in [1.54, 1.807) is 7.05 Å². The summed E-state index contributed by atoms with van der Waals surface area (Å²) in [7, 11) is 1.75. The molecule has 0 aliphatic heterocycles. The Bertz CT molecular complexity index is 1210. The second kappa shape index (κ2) is 10.5. The molecule has 0 aliphatic carbocycles. The molecule has 34 heavy (non-hydrogen) atoms. The van der Waals surface area contributed by atoms with Gasteiger partial charge in [0.15, 0.2) is 5.78 Å². The Morgan fingerprint density at radius 1 is 1.18 bits per heavy atom. The van der Waals surface area contributed by atoms with Gasteiger partial charge in [-0.2, -0.15) is 0 Å². The van der Waals surface area contributed by atoms with Crippen molar-refractivity contribution in [2.24, 2.45) is 0 Å². The number of thiazole rings is 1. The Balaban J connectivity index is 1.71. The van der Waals surface area contributed by atoms with Crippen LogP contribution < -0.4 is 16.4 Å². The fourth-order valence-electron chi connectivity index (χ4n) is 3.22. The van der Waals surface area contributed by atoms with E-state index in [2.05, 4.69) is 35.6 Å². The molecule has 3 rings (SSSR count). The van der Waals surface area contributed by atoms with Crippen LogP contribution in [0.15, 0.2) is 18.7 Å². The van der Waals surface area contributed by atoms with E-state index < -0.39 is 0 Å². The maximum Gasteiger partial charge on any atom is 0.269 e. The topological polar surface area (TPSA) is 149 Å². The van der Waals surface area contributed by atoms with Crippen LogP contribution in [0, 0.1) is 0 Å². The SMILES string of the molecule is CNCc1c(N)ncnc1C(=O)CC(C)c1ncc(C(=O)Nc2ncc(Cl)c(C(C)(C)C)n2)s1. The van der Waals surface area contributed by atoms with Gasteiger partial charge in [-0.15, -0.1) is 11.3 Å². The number of halogens is 1. The maximum absolute atomic E-state index is 12.9. The van der Waals surface area contributed by atoms with Crippen molar-refractivity contribution in [2.75, 3.05) is 18.1 Å². The molecule has 3 aromatic heterocycles. The molecule has 1 atom stereocenters. The Kier molecular flexibility index (Phi) is 7.90. The van der Waals surface area contributed by atoms with Crippen molar-refractivity contribution in [3.8, 4) is 0 Å². The number of hydrogen-bond donors (Lipinski definition) is 3. The zero-order valence-corrected chi connectivity index (χ0v) is 21.2. The third-order valence-corrected chi connectivity index (χ3v) is 6.44. The summed E-state index contributed by atoms with van der Waals surface area (Å²) in [5.74, 6) is -0.345. The third kappa shape index (κ3) is 5.91. The molecular formula is C22H27ClN8O2S. The van der Waals surface area contributed by atoms with Gasteiger partial charge in [0.05, 0.1) is 28.1 Å². The second-order valence-electron chi connectivity index (χ2n) is 8.80. The lowest BCUT2D eigenvalue weighted by Gasteiger charge is -2.19. The van der Waals surface area contributed by atoms with Gasteiger partial charge in [0.2, 0.25) is 5.95 Å². The molecule has 0 fully saturated rings. The van der Waals surface area contributed by atoms with Gasteiger partial charge in [-0.3, -0.25) is 14.9 Å². The number of ketones is 1. The quantitative estimate of drug-likeness (QED) is 0.392. The van der Waals surface area contributed by atoms with E-state index >= 15 is 0 Å². The highest BCUT2D eigenvalue weighted by molar-refractivity contribution is 7.13. The first-order chi connectivity index (χ1) is 16.0. The van der Waals surface area contributed by atoms with Crippen LogP contribution in [-0.2, 0) is 12.0 Å². The summed E-state index contributed by atoms with van der Waals surface area (Å²) >= 11 is 7.41. The third-order valence-electron chi connectivity index (χ3n) is 4.94. The molecule has 4 N–H and O–H groups in total. The largest absolute Gasteiger partial charge is 0.383 e. The van der Waals surface area contributed by atoms with Crippen molar-refractivity contribution < 1.29 is 9.59 Å². The normalized spacial score (nSPS) is 12.4. The number of aromatic nitrogens is 5. The number of Topliss-reactive ketones (excluding diaryl/α,β-unsaturated/α-hetero) is 1. The molecule has 180 valence electrons. The highest BCUT2D eigenvalue weighted by Crippen LogP contribution is 2.29. The van der Waals surface area contributed by atoms with Gasteiger partial charge in [0, 0.05) is 29.9 Å². The van der Waals surface area contributed by atoms with E-state index in [9.17, 15) is 9.59 Å². The highest BCUT2D eigenvalue weighted by atomic mass is 35.5. The number of anilines is 2. The number of nitrogens with two attached hydrogens (primary N) is 1. The molecular weight excluding hydrogens is 476 g/mol. The lowest BCUT2D eigenvalue weighted by Crippen LogP contribution is -2.18. The molecule has 1 amide bonds. The van der Waals surface area contributed by atoms with Crippen LogP contribution in [-0.4, -0.2) is 43.7 Å². The lowest BCUT2D eigenvalue weighted by molar-refractivity contribution is 0.0968. The van der Waals surface area contributed by atoms with Crippen molar-refractivity contribution in [1.82, 2.24) is 30.2 Å². The molecule has 0 radical (unpaired) electrons. The number of amides is 1. The van der Waals surface area contributed by atoms with Crippen LogP contribution in [0.2, 0.25) is 5.02 Å². The number of nitrogens with zero attached hydrogens (tertiary/aromatic N) is 5. The maximum atomic E-state index is 12.9. The summed E-state index contributed by atoms with van der Waals surface area (Å²) in [6, 6.07) is 0. The first kappa shape index (κ1) is 25.6. The van der Waals surface area contributed by atoms with Gasteiger partial charge >= 0.3 is 0 Å². The minimum atomic E-state index is -0.385. The van der Waals surface area contributed by atoms with Crippen LogP contribution >= 0.6 is 22.9 Å². The first-order valence-electron chi connectivity index (χ1n) is 10.6. The molecule has 3 heterocycles. The van der Waals surface area contributed by atoms with E-state index in [0.717, 1.165) is 0 Å². The molecule has 0 spiro atoms. The number of carbonyl (C=O) groups is 2. The molecule has 10 nitrogen and oxygen atoms in total. The molecule has 0 aromatic carbocycles. The van der Waals surface area contributed by atoms with Gasteiger partial charge in [0.1, 0.15) is 22.7 Å². The number of hydrogen-bond acceptors (Lipinski definition) is 10. The summed E-state index contributed by atoms with van der Waals surface area (Å²) < 4.78 is 0. The number of nitrogens with one attached hydrogen (secondary N) is 2. The van der Waals surface area contributed by atoms with E-state index in [0.29, 0.717) is 32.7 Å². The standard InChI is InChI=1S/C22H27ClN8O2S/c1-11(6-14(32)16-12(7-25-5)18(24)29-10-28-16)20-26-9-15(34-20)19(33)31-21-27-8-13(23)17(30-21)22(2,3)4/h8-11,25H,6-7H2,1-5H3,(H2,24,28,29)(H,27,30,31,33). The number of carbonyl (C=O) groups excluding carboxylic acids is 2. The van der Waals surface area contributed by atoms with Crippen LogP contribution in [0.25, 0.3) is 0 Å². The smallest absolute Gasteiger partial charge is 0.269 e. The lowest BCUT2D eigenvalue weighted by atomic mass is 9.92. The van der Waals surface area contributed by atoms with Crippen LogP contribution in [0.5, 0.6) is 0 Å². The Labute approximate surface area is 206 Å². The van der Waals surface area contributed by atoms with E-state index in [1.165, 1.54) is 30.1 Å². The van der Waals surface area contributed by atoms with Crippen molar-refractivity contribution in [1.29, 1.82) is 0 Å². The molecule has 0 saturated heterocycles. The molecule has 0 saturated carbocycles. The minimum Gasteiger partial charge on any atom is -0.383 e. The molecule has 12 heteroatoms. The van der Waals surface area contributed by atoms with Gasteiger partial charge < -0.3 is 11.1 Å². The number of rotatable bonds is 8. The average molecular weight is 503 g/mol. The van der Waals surface area contributed by atoms with Gasteiger partial charge in [-0.25, -0.2) is 24.9 Å². The Morgan fingerprint density at radius 3 is 2.59 bits per heavy atom. The zero-order valence-electron chi connectivity index (χ0n) is 19.6. The summed E-state index contributed by atoms with van der Waals surface area (Å²) in [5.41, 5.74) is 7.10. The molecule has 3 aromatic rings. The zero-order chi connectivity index (χ0) is 25.0. The van der Waals surface area contributed by atoms with Crippen LogP contribution in [0.1, 0.15) is 76.5 Å².